The highest BCUT2D eigenvalue weighted by Gasteiger charge is 2.34. The molecule has 3 rings (SSSR count). The molecule has 0 saturated carbocycles. The van der Waals surface area contributed by atoms with Crippen molar-refractivity contribution in [1.82, 2.24) is 5.06 Å². The second-order valence-corrected chi connectivity index (χ2v) is 6.50. The number of benzene rings is 2. The van der Waals surface area contributed by atoms with Crippen molar-refractivity contribution in [1.29, 1.82) is 0 Å². The van der Waals surface area contributed by atoms with Crippen molar-refractivity contribution >= 4 is 6.09 Å². The van der Waals surface area contributed by atoms with Gasteiger partial charge in [-0.05, 0) is 36.1 Å². The maximum atomic E-state index is 12.7. The summed E-state index contributed by atoms with van der Waals surface area (Å²) in [6.07, 6.45) is 4.49. The van der Waals surface area contributed by atoms with E-state index in [1.54, 1.807) is 0 Å². The molecule has 2 aromatic rings. The minimum atomic E-state index is -0.468. The molecule has 0 N–H and O–H groups in total. The van der Waals surface area contributed by atoms with E-state index < -0.39 is 6.09 Å². The first-order valence-electron chi connectivity index (χ1n) is 9.13. The molecule has 1 aliphatic rings. The first-order chi connectivity index (χ1) is 12.7. The van der Waals surface area contributed by atoms with Gasteiger partial charge in [-0.25, -0.2) is 4.79 Å². The van der Waals surface area contributed by atoms with Crippen LogP contribution in [0.3, 0.4) is 0 Å². The average Bonchev–Trinajstić information content (AvgIpc) is 3.09. The SMILES string of the molecule is CCCCC1=CC(c2ccccc2C)N(C(=O)OCc2ccccc2)O1. The van der Waals surface area contributed by atoms with Crippen molar-refractivity contribution in [3.05, 3.63) is 83.1 Å². The molecule has 136 valence electrons. The van der Waals surface area contributed by atoms with Gasteiger partial charge in [0, 0.05) is 6.42 Å². The van der Waals surface area contributed by atoms with Crippen LogP contribution in [0.5, 0.6) is 0 Å². The Morgan fingerprint density at radius 1 is 1.12 bits per heavy atom. The van der Waals surface area contributed by atoms with E-state index in [9.17, 15) is 4.79 Å². The van der Waals surface area contributed by atoms with Crippen LogP contribution in [0.25, 0.3) is 0 Å². The predicted molar refractivity (Wildman–Crippen MR) is 101 cm³/mol. The Bertz CT molecular complexity index is 770. The summed E-state index contributed by atoms with van der Waals surface area (Å²) in [4.78, 5) is 18.5. The summed E-state index contributed by atoms with van der Waals surface area (Å²) >= 11 is 0. The third kappa shape index (κ3) is 4.26. The second-order valence-electron chi connectivity index (χ2n) is 6.50. The second kappa shape index (κ2) is 8.56. The Labute approximate surface area is 155 Å². The summed E-state index contributed by atoms with van der Waals surface area (Å²) in [5.74, 6) is 0.830. The number of ether oxygens (including phenoxy) is 1. The van der Waals surface area contributed by atoms with E-state index in [0.717, 1.165) is 41.7 Å². The van der Waals surface area contributed by atoms with E-state index in [0.29, 0.717) is 0 Å². The van der Waals surface area contributed by atoms with Crippen molar-refractivity contribution in [2.24, 2.45) is 0 Å². The molecular weight excluding hydrogens is 326 g/mol. The molecule has 0 spiro atoms. The van der Waals surface area contributed by atoms with Crippen LogP contribution in [0.4, 0.5) is 4.79 Å². The molecule has 1 amide bonds. The summed E-state index contributed by atoms with van der Waals surface area (Å²) in [7, 11) is 0. The highest BCUT2D eigenvalue weighted by atomic mass is 16.7. The molecule has 4 nitrogen and oxygen atoms in total. The van der Waals surface area contributed by atoms with Crippen molar-refractivity contribution in [3.63, 3.8) is 0 Å². The van der Waals surface area contributed by atoms with Crippen LogP contribution in [0.1, 0.15) is 48.9 Å². The van der Waals surface area contributed by atoms with Gasteiger partial charge >= 0.3 is 6.09 Å². The first kappa shape index (κ1) is 18.1. The normalized spacial score (nSPS) is 16.2. The Hall–Kier alpha value is -2.75. The van der Waals surface area contributed by atoms with Crippen LogP contribution in [0.2, 0.25) is 0 Å². The molecule has 1 unspecified atom stereocenters. The van der Waals surface area contributed by atoms with Crippen LogP contribution in [-0.4, -0.2) is 11.2 Å². The molecule has 1 aliphatic heterocycles. The standard InChI is InChI=1S/C22H25NO3/c1-3-4-13-19-15-21(20-14-9-8-10-17(20)2)23(26-19)22(24)25-16-18-11-6-5-7-12-18/h5-12,14-15,21H,3-4,13,16H2,1-2H3. The predicted octanol–water partition coefficient (Wildman–Crippen LogP) is 5.69. The molecule has 0 radical (unpaired) electrons. The Balaban J connectivity index is 1.75. The van der Waals surface area contributed by atoms with E-state index >= 15 is 0 Å². The summed E-state index contributed by atoms with van der Waals surface area (Å²) in [5, 5.41) is 1.36. The number of hydroxylamine groups is 2. The van der Waals surface area contributed by atoms with Crippen molar-refractivity contribution in [2.45, 2.75) is 45.8 Å². The van der Waals surface area contributed by atoms with Crippen LogP contribution in [0.15, 0.2) is 66.4 Å². The molecule has 0 fully saturated rings. The molecule has 2 aromatic carbocycles. The minimum absolute atomic E-state index is 0.227. The summed E-state index contributed by atoms with van der Waals surface area (Å²) in [5.41, 5.74) is 3.12. The number of aryl methyl sites for hydroxylation is 1. The zero-order chi connectivity index (χ0) is 18.4. The molecule has 1 heterocycles. The number of amides is 1. The lowest BCUT2D eigenvalue weighted by Gasteiger charge is -2.23. The van der Waals surface area contributed by atoms with Crippen molar-refractivity contribution in [3.8, 4) is 0 Å². The maximum absolute atomic E-state index is 12.7. The van der Waals surface area contributed by atoms with E-state index in [4.69, 9.17) is 9.57 Å². The van der Waals surface area contributed by atoms with E-state index in [2.05, 4.69) is 6.92 Å². The van der Waals surface area contributed by atoms with Crippen LogP contribution < -0.4 is 0 Å². The van der Waals surface area contributed by atoms with E-state index in [1.165, 1.54) is 5.06 Å². The molecule has 26 heavy (non-hydrogen) atoms. The van der Waals surface area contributed by atoms with Gasteiger partial charge in [-0.1, -0.05) is 67.9 Å². The third-order valence-corrected chi connectivity index (χ3v) is 4.48. The minimum Gasteiger partial charge on any atom is -0.442 e. The number of nitrogens with zero attached hydrogens (tertiary/aromatic N) is 1. The number of allylic oxidation sites excluding steroid dienone is 1. The fraction of sp³-hybridized carbons (Fsp3) is 0.318. The smallest absolute Gasteiger partial charge is 0.442 e. The van der Waals surface area contributed by atoms with Gasteiger partial charge in [0.1, 0.15) is 18.4 Å². The largest absolute Gasteiger partial charge is 0.444 e. The van der Waals surface area contributed by atoms with Gasteiger partial charge in [-0.2, -0.15) is 0 Å². The molecule has 0 bridgehead atoms. The maximum Gasteiger partial charge on any atom is 0.444 e. The molecule has 0 saturated heterocycles. The summed E-state index contributed by atoms with van der Waals surface area (Å²) in [6, 6.07) is 17.4. The van der Waals surface area contributed by atoms with Crippen molar-refractivity contribution in [2.75, 3.05) is 0 Å². The van der Waals surface area contributed by atoms with Gasteiger partial charge in [-0.15, -0.1) is 5.06 Å². The first-order valence-corrected chi connectivity index (χ1v) is 9.13. The zero-order valence-electron chi connectivity index (χ0n) is 15.4. The molecular formula is C22H25NO3. The Morgan fingerprint density at radius 3 is 2.58 bits per heavy atom. The van der Waals surface area contributed by atoms with Crippen molar-refractivity contribution < 1.29 is 14.4 Å². The molecule has 1 atom stereocenters. The number of hydrogen-bond acceptors (Lipinski definition) is 3. The van der Waals surface area contributed by atoms with E-state index in [-0.39, 0.29) is 12.6 Å². The monoisotopic (exact) mass is 351 g/mol. The number of carbonyl (C=O) groups is 1. The Morgan fingerprint density at radius 2 is 1.85 bits per heavy atom. The van der Waals surface area contributed by atoms with Crippen LogP contribution >= 0.6 is 0 Å². The van der Waals surface area contributed by atoms with Gasteiger partial charge in [0.15, 0.2) is 0 Å². The van der Waals surface area contributed by atoms with Gasteiger partial charge < -0.3 is 9.57 Å². The summed E-state index contributed by atoms with van der Waals surface area (Å²) in [6.45, 7) is 4.41. The van der Waals surface area contributed by atoms with Gasteiger partial charge in [-0.3, -0.25) is 0 Å². The lowest BCUT2D eigenvalue weighted by molar-refractivity contribution is -0.102. The summed E-state index contributed by atoms with van der Waals surface area (Å²) < 4.78 is 5.49. The topological polar surface area (TPSA) is 38.8 Å². The zero-order valence-corrected chi connectivity index (χ0v) is 15.4. The average molecular weight is 351 g/mol. The highest BCUT2D eigenvalue weighted by Crippen LogP contribution is 2.35. The highest BCUT2D eigenvalue weighted by molar-refractivity contribution is 5.68. The Kier molecular flexibility index (Phi) is 5.95. The molecule has 4 heteroatoms. The fourth-order valence-corrected chi connectivity index (χ4v) is 3.01. The lowest BCUT2D eigenvalue weighted by atomic mass is 10.0. The fourth-order valence-electron chi connectivity index (χ4n) is 3.01. The quantitative estimate of drug-likeness (QED) is 0.670. The molecule has 0 aliphatic carbocycles. The van der Waals surface area contributed by atoms with Gasteiger partial charge in [0.05, 0.1) is 0 Å². The number of hydrogen-bond donors (Lipinski definition) is 0. The number of unbranched alkanes of at least 4 members (excludes halogenated alkanes) is 1. The van der Waals surface area contributed by atoms with Crippen LogP contribution in [0, 0.1) is 6.92 Å². The lowest BCUT2D eigenvalue weighted by Crippen LogP contribution is -2.31. The number of rotatable bonds is 6. The van der Waals surface area contributed by atoms with Gasteiger partial charge in [0.2, 0.25) is 0 Å². The molecule has 0 aromatic heterocycles. The third-order valence-electron chi connectivity index (χ3n) is 4.48. The van der Waals surface area contributed by atoms with Gasteiger partial charge in [0.25, 0.3) is 0 Å². The number of carbonyl (C=O) groups excluding carboxylic acids is 1. The van der Waals surface area contributed by atoms with E-state index in [1.807, 2.05) is 67.6 Å². The van der Waals surface area contributed by atoms with Crippen LogP contribution in [-0.2, 0) is 16.2 Å².